The Labute approximate surface area is 110 Å². The Hall–Kier alpha value is -0.360. The second-order valence-electron chi connectivity index (χ2n) is 3.47. The Morgan fingerprint density at radius 3 is 2.73 bits per heavy atom. The second-order valence-corrected chi connectivity index (χ2v) is 5.40. The molecule has 0 bridgehead atoms. The van der Waals surface area contributed by atoms with Crippen molar-refractivity contribution in [1.82, 2.24) is 4.98 Å². The first kappa shape index (κ1) is 11.1. The van der Waals surface area contributed by atoms with E-state index in [0.717, 1.165) is 24.5 Å². The number of aromatic amines is 1. The summed E-state index contributed by atoms with van der Waals surface area (Å²) in [4.78, 5) is 14.6. The number of hydrogen-bond acceptors (Lipinski definition) is 1. The molecule has 0 saturated heterocycles. The van der Waals surface area contributed by atoms with E-state index in [1.54, 1.807) is 6.92 Å². The predicted octanol–water partition coefficient (Wildman–Crippen LogP) is 4.05. The van der Waals surface area contributed by atoms with Crippen molar-refractivity contribution in [3.05, 3.63) is 31.4 Å². The van der Waals surface area contributed by atoms with Crippen LogP contribution in [0.5, 0.6) is 0 Å². The summed E-state index contributed by atoms with van der Waals surface area (Å²) < 4.78 is 2.16. The van der Waals surface area contributed by atoms with Crippen molar-refractivity contribution in [2.45, 2.75) is 13.8 Å². The lowest BCUT2D eigenvalue weighted by Crippen LogP contribution is -1.93. The first-order valence-electron chi connectivity index (χ1n) is 4.49. The molecule has 0 fully saturated rings. The van der Waals surface area contributed by atoms with Crippen molar-refractivity contribution in [2.75, 3.05) is 0 Å². The molecule has 4 heteroatoms. The molecule has 1 N–H and O–H groups in total. The Morgan fingerprint density at radius 1 is 1.47 bits per heavy atom. The van der Waals surface area contributed by atoms with Crippen molar-refractivity contribution in [2.24, 2.45) is 0 Å². The van der Waals surface area contributed by atoms with Crippen LogP contribution in [0.2, 0.25) is 0 Å². The number of carbonyl (C=O) groups is 1. The predicted molar refractivity (Wildman–Crippen MR) is 73.5 cm³/mol. The van der Waals surface area contributed by atoms with E-state index in [-0.39, 0.29) is 5.78 Å². The van der Waals surface area contributed by atoms with E-state index in [9.17, 15) is 4.79 Å². The number of nitrogens with one attached hydrogen (secondary N) is 1. The number of H-pyrrole nitrogens is 1. The van der Waals surface area contributed by atoms with Gasteiger partial charge in [0.25, 0.3) is 0 Å². The van der Waals surface area contributed by atoms with Gasteiger partial charge in [-0.05, 0) is 57.1 Å². The number of halogens is 2. The fourth-order valence-electron chi connectivity index (χ4n) is 1.69. The van der Waals surface area contributed by atoms with E-state index in [1.807, 2.05) is 19.1 Å². The van der Waals surface area contributed by atoms with Crippen LogP contribution in [0.3, 0.4) is 0 Å². The summed E-state index contributed by atoms with van der Waals surface area (Å²) in [6.45, 7) is 3.55. The molecular weight excluding hydrogens is 369 g/mol. The molecule has 0 radical (unpaired) electrons. The fourth-order valence-corrected chi connectivity index (χ4v) is 2.63. The molecule has 0 spiro atoms. The summed E-state index contributed by atoms with van der Waals surface area (Å²) in [5.41, 5.74) is 2.77. The molecule has 2 aromatic rings. The third-order valence-corrected chi connectivity index (χ3v) is 5.00. The number of ketones is 1. The van der Waals surface area contributed by atoms with Crippen molar-refractivity contribution in [1.29, 1.82) is 0 Å². The van der Waals surface area contributed by atoms with E-state index in [1.165, 1.54) is 0 Å². The first-order chi connectivity index (χ1) is 7.02. The van der Waals surface area contributed by atoms with Gasteiger partial charge in [0.05, 0.1) is 14.8 Å². The SMILES string of the molecule is CC(=O)c1[nH]c2c(I)c(Br)ccc2c1C. The summed E-state index contributed by atoms with van der Waals surface area (Å²) in [5, 5.41) is 1.12. The molecule has 1 aromatic heterocycles. The molecular formula is C11H9BrINO. The maximum Gasteiger partial charge on any atom is 0.176 e. The summed E-state index contributed by atoms with van der Waals surface area (Å²) in [7, 11) is 0. The van der Waals surface area contributed by atoms with E-state index < -0.39 is 0 Å². The maximum absolute atomic E-state index is 11.4. The molecule has 0 unspecified atom stereocenters. The summed E-state index contributed by atoms with van der Waals surface area (Å²) in [5.74, 6) is 0.0793. The number of fused-ring (bicyclic) bond motifs is 1. The number of aromatic nitrogens is 1. The van der Waals surface area contributed by atoms with Gasteiger partial charge in [0, 0.05) is 16.8 Å². The Bertz CT molecular complexity index is 559. The minimum atomic E-state index is 0.0793. The van der Waals surface area contributed by atoms with E-state index >= 15 is 0 Å². The fraction of sp³-hybridized carbons (Fsp3) is 0.182. The van der Waals surface area contributed by atoms with Crippen LogP contribution in [0, 0.1) is 10.5 Å². The topological polar surface area (TPSA) is 32.9 Å². The average molecular weight is 378 g/mol. The second kappa shape index (κ2) is 3.90. The molecule has 0 amide bonds. The number of rotatable bonds is 1. The lowest BCUT2D eigenvalue weighted by molar-refractivity contribution is 0.101. The standard InChI is InChI=1S/C11H9BrINO/c1-5-7-3-4-8(12)9(13)11(7)14-10(5)6(2)15/h3-4,14H,1-2H3. The van der Waals surface area contributed by atoms with E-state index in [0.29, 0.717) is 5.69 Å². The quantitative estimate of drug-likeness (QED) is 0.590. The van der Waals surface area contributed by atoms with Crippen LogP contribution in [0.1, 0.15) is 23.0 Å². The van der Waals surface area contributed by atoms with E-state index in [2.05, 4.69) is 43.5 Å². The molecule has 1 aromatic carbocycles. The number of hydrogen-bond donors (Lipinski definition) is 1. The highest BCUT2D eigenvalue weighted by Gasteiger charge is 2.13. The molecule has 15 heavy (non-hydrogen) atoms. The Kier molecular flexibility index (Phi) is 2.89. The third-order valence-electron chi connectivity index (χ3n) is 2.48. The van der Waals surface area contributed by atoms with Gasteiger partial charge in [-0.1, -0.05) is 6.07 Å². The number of carbonyl (C=O) groups excluding carboxylic acids is 1. The van der Waals surface area contributed by atoms with Crippen LogP contribution in [-0.2, 0) is 0 Å². The van der Waals surface area contributed by atoms with Crippen LogP contribution in [0.25, 0.3) is 10.9 Å². The van der Waals surface area contributed by atoms with Gasteiger partial charge in [-0.15, -0.1) is 0 Å². The summed E-state index contributed by atoms with van der Waals surface area (Å²) in [6.07, 6.45) is 0. The average Bonchev–Trinajstić information content (AvgIpc) is 2.51. The highest BCUT2D eigenvalue weighted by molar-refractivity contribution is 14.1. The zero-order valence-corrected chi connectivity index (χ0v) is 12.1. The zero-order chi connectivity index (χ0) is 11.2. The van der Waals surface area contributed by atoms with Crippen molar-refractivity contribution in [3.8, 4) is 0 Å². The lowest BCUT2D eigenvalue weighted by Gasteiger charge is -1.97. The van der Waals surface area contributed by atoms with Crippen LogP contribution in [0.4, 0.5) is 0 Å². The Morgan fingerprint density at radius 2 is 2.13 bits per heavy atom. The van der Waals surface area contributed by atoms with Gasteiger partial charge in [-0.2, -0.15) is 0 Å². The number of aryl methyl sites for hydroxylation is 1. The first-order valence-corrected chi connectivity index (χ1v) is 6.36. The molecule has 2 rings (SSSR count). The maximum atomic E-state index is 11.4. The van der Waals surface area contributed by atoms with Crippen LogP contribution in [0.15, 0.2) is 16.6 Å². The highest BCUT2D eigenvalue weighted by atomic mass is 127. The minimum Gasteiger partial charge on any atom is -0.351 e. The zero-order valence-electron chi connectivity index (χ0n) is 8.32. The van der Waals surface area contributed by atoms with E-state index in [4.69, 9.17) is 0 Å². The van der Waals surface area contributed by atoms with Crippen LogP contribution in [-0.4, -0.2) is 10.8 Å². The van der Waals surface area contributed by atoms with Crippen LogP contribution < -0.4 is 0 Å². The van der Waals surface area contributed by atoms with Crippen molar-refractivity contribution < 1.29 is 4.79 Å². The van der Waals surface area contributed by atoms with Gasteiger partial charge in [-0.25, -0.2) is 0 Å². The van der Waals surface area contributed by atoms with Gasteiger partial charge in [0.2, 0.25) is 0 Å². The molecule has 0 aliphatic carbocycles. The number of benzene rings is 1. The summed E-state index contributed by atoms with van der Waals surface area (Å²) in [6, 6.07) is 4.04. The van der Waals surface area contributed by atoms with Gasteiger partial charge >= 0.3 is 0 Å². The molecule has 0 saturated carbocycles. The van der Waals surface area contributed by atoms with Crippen LogP contribution >= 0.6 is 38.5 Å². The Balaban J connectivity index is 2.88. The number of Topliss-reactive ketones (excluding diaryl/α,β-unsaturated/α-hetero) is 1. The molecule has 0 atom stereocenters. The van der Waals surface area contributed by atoms with Gasteiger partial charge in [-0.3, -0.25) is 4.79 Å². The molecule has 0 aliphatic rings. The molecule has 0 aliphatic heterocycles. The van der Waals surface area contributed by atoms with Gasteiger partial charge < -0.3 is 4.98 Å². The third kappa shape index (κ3) is 1.73. The lowest BCUT2D eigenvalue weighted by atomic mass is 10.1. The minimum absolute atomic E-state index is 0.0793. The van der Waals surface area contributed by atoms with Gasteiger partial charge in [0.15, 0.2) is 5.78 Å². The van der Waals surface area contributed by atoms with Crippen molar-refractivity contribution >= 4 is 55.2 Å². The molecule has 2 nitrogen and oxygen atoms in total. The smallest absolute Gasteiger partial charge is 0.176 e. The highest BCUT2D eigenvalue weighted by Crippen LogP contribution is 2.30. The van der Waals surface area contributed by atoms with Gasteiger partial charge in [0.1, 0.15) is 0 Å². The normalized spacial score (nSPS) is 10.9. The monoisotopic (exact) mass is 377 g/mol. The van der Waals surface area contributed by atoms with Crippen molar-refractivity contribution in [3.63, 3.8) is 0 Å². The summed E-state index contributed by atoms with van der Waals surface area (Å²) >= 11 is 5.74. The molecule has 78 valence electrons. The molecule has 1 heterocycles. The largest absolute Gasteiger partial charge is 0.351 e.